The molecule has 3 aliphatic rings. The van der Waals surface area contributed by atoms with Gasteiger partial charge in [-0.3, -0.25) is 14.2 Å². The minimum Gasteiger partial charge on any atom is -0.491 e. The maximum atomic E-state index is 14.0. The van der Waals surface area contributed by atoms with Gasteiger partial charge in [0, 0.05) is 45.0 Å². The number of rotatable bonds is 18. The summed E-state index contributed by atoms with van der Waals surface area (Å²) < 4.78 is 82.4. The van der Waals surface area contributed by atoms with E-state index in [1.807, 2.05) is 0 Å². The van der Waals surface area contributed by atoms with Crippen LogP contribution in [0.15, 0.2) is 48.8 Å². The fourth-order valence-corrected chi connectivity index (χ4v) is 7.18. The van der Waals surface area contributed by atoms with Gasteiger partial charge in [-0.1, -0.05) is 29.3 Å². The number of hydrogen-bond acceptors (Lipinski definition) is 10. The molecular formula is C36H41Cl2F2N3O8S. The largest absolute Gasteiger partial charge is 0.491 e. The van der Waals surface area contributed by atoms with Gasteiger partial charge < -0.3 is 23.7 Å². The number of morpholine rings is 1. The number of carbonyl (C=O) groups is 1. The monoisotopic (exact) mass is 783 g/mol. The quantitative estimate of drug-likeness (QED) is 0.128. The molecule has 2 aromatic carbocycles. The zero-order valence-electron chi connectivity index (χ0n) is 28.6. The maximum absolute atomic E-state index is 14.0. The molecule has 6 rings (SSSR count). The van der Waals surface area contributed by atoms with E-state index in [1.54, 1.807) is 6.07 Å². The van der Waals surface area contributed by atoms with Gasteiger partial charge in [-0.25, -0.2) is 13.2 Å². The maximum Gasteiger partial charge on any atom is 0.387 e. The van der Waals surface area contributed by atoms with E-state index in [0.29, 0.717) is 74.7 Å². The number of nitrogens with zero attached hydrogens (tertiary/aromatic N) is 3. The van der Waals surface area contributed by atoms with Crippen molar-refractivity contribution in [2.75, 3.05) is 63.2 Å². The lowest BCUT2D eigenvalue weighted by atomic mass is 10.0. The summed E-state index contributed by atoms with van der Waals surface area (Å²) >= 11 is 12.9. The lowest BCUT2D eigenvalue weighted by Crippen LogP contribution is -2.43. The summed E-state index contributed by atoms with van der Waals surface area (Å²) in [4.78, 5) is 20.1. The Kier molecular flexibility index (Phi) is 12.6. The van der Waals surface area contributed by atoms with Crippen LogP contribution in [0.1, 0.15) is 53.3 Å². The Balaban J connectivity index is 1.30. The molecule has 0 N–H and O–H groups in total. The first kappa shape index (κ1) is 38.3. The van der Waals surface area contributed by atoms with E-state index >= 15 is 0 Å². The Morgan fingerprint density at radius 2 is 1.62 bits per heavy atom. The molecule has 2 heterocycles. The molecule has 3 fully saturated rings. The molecule has 2 saturated carbocycles. The van der Waals surface area contributed by atoms with Crippen molar-refractivity contribution < 1.29 is 45.7 Å². The van der Waals surface area contributed by atoms with E-state index < -0.39 is 28.7 Å². The third-order valence-electron chi connectivity index (χ3n) is 9.08. The number of alkyl halides is 2. The SMILES string of the molecule is CS(=O)(=O)N(CCN1CCOCC1)c1ccc(C(=O)O[C@H](Cc2c(Cl)cncc2Cl)c2ccc(OC(F)F)c(OCC3CC3)c2)cc1OCC1CC1. The van der Waals surface area contributed by atoms with Crippen molar-refractivity contribution in [3.63, 3.8) is 0 Å². The van der Waals surface area contributed by atoms with Crippen molar-refractivity contribution >= 4 is 44.9 Å². The summed E-state index contributed by atoms with van der Waals surface area (Å²) in [6.45, 7) is 0.818. The lowest BCUT2D eigenvalue weighted by Gasteiger charge is -2.30. The van der Waals surface area contributed by atoms with Crippen LogP contribution in [0.3, 0.4) is 0 Å². The highest BCUT2D eigenvalue weighted by atomic mass is 35.5. The summed E-state index contributed by atoms with van der Waals surface area (Å²) in [6, 6.07) is 8.88. The van der Waals surface area contributed by atoms with E-state index in [4.69, 9.17) is 46.9 Å². The number of anilines is 1. The summed E-state index contributed by atoms with van der Waals surface area (Å²) in [5.41, 5.74) is 1.29. The van der Waals surface area contributed by atoms with Gasteiger partial charge in [-0.05, 0) is 79.0 Å². The van der Waals surface area contributed by atoms with E-state index in [1.165, 1.54) is 47.0 Å². The number of carbonyl (C=O) groups excluding carboxylic acids is 1. The molecule has 3 aromatic rings. The molecule has 16 heteroatoms. The predicted octanol–water partition coefficient (Wildman–Crippen LogP) is 6.81. The molecule has 0 radical (unpaired) electrons. The minimum absolute atomic E-state index is 0.00948. The minimum atomic E-state index is -3.74. The van der Waals surface area contributed by atoms with Crippen LogP contribution in [0.5, 0.6) is 17.2 Å². The number of esters is 1. The normalized spacial score (nSPS) is 17.1. The lowest BCUT2D eigenvalue weighted by molar-refractivity contribution is -0.0515. The predicted molar refractivity (Wildman–Crippen MR) is 192 cm³/mol. The summed E-state index contributed by atoms with van der Waals surface area (Å²) in [7, 11) is -3.74. The van der Waals surface area contributed by atoms with Crippen molar-refractivity contribution in [1.82, 2.24) is 9.88 Å². The number of benzene rings is 2. The molecule has 11 nitrogen and oxygen atoms in total. The van der Waals surface area contributed by atoms with Crippen LogP contribution in [0.4, 0.5) is 14.5 Å². The highest BCUT2D eigenvalue weighted by molar-refractivity contribution is 7.92. The van der Waals surface area contributed by atoms with Crippen molar-refractivity contribution in [3.8, 4) is 17.2 Å². The third-order valence-corrected chi connectivity index (χ3v) is 10.9. The Morgan fingerprint density at radius 1 is 0.962 bits per heavy atom. The smallest absolute Gasteiger partial charge is 0.387 e. The molecule has 0 amide bonds. The van der Waals surface area contributed by atoms with Crippen LogP contribution < -0.4 is 18.5 Å². The van der Waals surface area contributed by atoms with Crippen molar-refractivity contribution in [2.45, 2.75) is 44.8 Å². The van der Waals surface area contributed by atoms with E-state index in [-0.39, 0.29) is 45.8 Å². The number of hydrogen-bond donors (Lipinski definition) is 0. The molecular weight excluding hydrogens is 743 g/mol. The molecule has 0 bridgehead atoms. The molecule has 1 aliphatic heterocycles. The average molecular weight is 785 g/mol. The summed E-state index contributed by atoms with van der Waals surface area (Å²) in [5, 5.41) is 0.490. The summed E-state index contributed by atoms with van der Waals surface area (Å²) in [5.74, 6) is 0.0771. The van der Waals surface area contributed by atoms with E-state index in [9.17, 15) is 22.0 Å². The first-order chi connectivity index (χ1) is 24.9. The second kappa shape index (κ2) is 17.1. The molecule has 2 aliphatic carbocycles. The van der Waals surface area contributed by atoms with Crippen LogP contribution in [0, 0.1) is 11.8 Å². The van der Waals surface area contributed by atoms with Crippen molar-refractivity contribution in [2.24, 2.45) is 11.8 Å². The zero-order chi connectivity index (χ0) is 36.8. The van der Waals surface area contributed by atoms with Crippen LogP contribution in [0.25, 0.3) is 0 Å². The van der Waals surface area contributed by atoms with Gasteiger partial charge in [0.05, 0.1) is 54.0 Å². The van der Waals surface area contributed by atoms with Gasteiger partial charge in [0.15, 0.2) is 11.5 Å². The Morgan fingerprint density at radius 3 is 2.23 bits per heavy atom. The molecule has 0 unspecified atom stereocenters. The summed E-state index contributed by atoms with van der Waals surface area (Å²) in [6.07, 6.45) is 6.91. The van der Waals surface area contributed by atoms with Crippen molar-refractivity contribution in [3.05, 3.63) is 75.5 Å². The number of sulfonamides is 1. The highest BCUT2D eigenvalue weighted by Gasteiger charge is 2.29. The highest BCUT2D eigenvalue weighted by Crippen LogP contribution is 2.39. The first-order valence-electron chi connectivity index (χ1n) is 17.2. The number of halogens is 4. The van der Waals surface area contributed by atoms with Gasteiger partial charge in [0.2, 0.25) is 10.0 Å². The Bertz CT molecular complexity index is 1800. The van der Waals surface area contributed by atoms with Gasteiger partial charge in [0.25, 0.3) is 0 Å². The van der Waals surface area contributed by atoms with Crippen LogP contribution in [-0.4, -0.2) is 89.7 Å². The molecule has 52 heavy (non-hydrogen) atoms. The number of aromatic nitrogens is 1. The fraction of sp³-hybridized carbons (Fsp3) is 0.500. The second-order valence-corrected chi connectivity index (χ2v) is 16.0. The van der Waals surface area contributed by atoms with Gasteiger partial charge >= 0.3 is 12.6 Å². The first-order valence-corrected chi connectivity index (χ1v) is 19.8. The van der Waals surface area contributed by atoms with E-state index in [2.05, 4.69) is 9.88 Å². The van der Waals surface area contributed by atoms with Crippen molar-refractivity contribution in [1.29, 1.82) is 0 Å². The average Bonchev–Trinajstić information content (AvgIpc) is 4.04. The van der Waals surface area contributed by atoms with E-state index in [0.717, 1.165) is 31.9 Å². The number of pyridine rings is 1. The number of ether oxygens (including phenoxy) is 5. The van der Waals surface area contributed by atoms with Crippen LogP contribution >= 0.6 is 23.2 Å². The Hall–Kier alpha value is -3.43. The standard InChI is InChI=1S/C36H41Cl2F2N3O8S/c1-52(45,46)43(11-10-42-12-14-47-15-13-42)30-8-6-26(17-33(30)48-21-23-2-3-23)35(44)50-32(18-27-28(37)19-41-20-29(27)38)25-7-9-31(51-36(39)40)34(16-25)49-22-24-4-5-24/h6-9,16-17,19-20,23-24,32,36H,2-5,10-15,18,21-22H2,1H3/t32-/m1/s1. The molecule has 282 valence electrons. The molecule has 0 spiro atoms. The molecule has 1 saturated heterocycles. The second-order valence-electron chi connectivity index (χ2n) is 13.2. The van der Waals surface area contributed by atoms with Gasteiger partial charge in [-0.2, -0.15) is 8.78 Å². The molecule has 1 aromatic heterocycles. The third kappa shape index (κ3) is 10.6. The van der Waals surface area contributed by atoms with Gasteiger partial charge in [-0.15, -0.1) is 0 Å². The topological polar surface area (TPSA) is 117 Å². The fourth-order valence-electron chi connectivity index (χ4n) is 5.74. The zero-order valence-corrected chi connectivity index (χ0v) is 31.0. The van der Waals surface area contributed by atoms with Crippen LogP contribution in [-0.2, 0) is 25.9 Å². The Labute approximate surface area is 312 Å². The molecule has 1 atom stereocenters. The van der Waals surface area contributed by atoms with Gasteiger partial charge in [0.1, 0.15) is 11.9 Å². The van der Waals surface area contributed by atoms with Crippen LogP contribution in [0.2, 0.25) is 10.0 Å².